The molecule has 0 unspecified atom stereocenters. The first-order chi connectivity index (χ1) is 16.4. The number of aromatic amines is 1. The Morgan fingerprint density at radius 2 is 2.00 bits per heavy atom. The Balaban J connectivity index is 1.75. The molecule has 0 saturated carbocycles. The zero-order valence-corrected chi connectivity index (χ0v) is 20.2. The Hall–Kier alpha value is -3.11. The van der Waals surface area contributed by atoms with Gasteiger partial charge in [0.2, 0.25) is 0 Å². The number of benzene rings is 1. The van der Waals surface area contributed by atoms with E-state index in [1.54, 1.807) is 11.8 Å². The highest BCUT2D eigenvalue weighted by atomic mass is 16.5. The van der Waals surface area contributed by atoms with E-state index in [1.807, 2.05) is 26.8 Å². The molecule has 3 heterocycles. The van der Waals surface area contributed by atoms with Crippen molar-refractivity contribution in [3.63, 3.8) is 0 Å². The number of hydrogen-bond donors (Lipinski definition) is 1. The van der Waals surface area contributed by atoms with Gasteiger partial charge < -0.3 is 14.5 Å². The summed E-state index contributed by atoms with van der Waals surface area (Å²) < 4.78 is 12.1. The van der Waals surface area contributed by atoms with Gasteiger partial charge in [-0.15, -0.1) is 5.10 Å². The maximum atomic E-state index is 13.4. The zero-order valence-electron chi connectivity index (χ0n) is 20.2. The molecule has 1 aliphatic rings. The monoisotopic (exact) mass is 468 g/mol. The van der Waals surface area contributed by atoms with E-state index in [2.05, 4.69) is 37.5 Å². The van der Waals surface area contributed by atoms with Gasteiger partial charge in [0.1, 0.15) is 6.04 Å². The lowest BCUT2D eigenvalue weighted by molar-refractivity contribution is -0.149. The SMILES string of the molecule is CCOC(=O)C1CCN([C@H](c2cc3cc(C)cc(C)c3[nH]c2=O)c2nnnn2CCOC)CC1. The quantitative estimate of drug-likeness (QED) is 0.500. The molecule has 1 aliphatic heterocycles. The lowest BCUT2D eigenvalue weighted by atomic mass is 9.93. The van der Waals surface area contributed by atoms with Crippen molar-refractivity contribution in [3.05, 3.63) is 51.1 Å². The van der Waals surface area contributed by atoms with E-state index in [0.29, 0.717) is 57.1 Å². The van der Waals surface area contributed by atoms with Crippen LogP contribution in [0.3, 0.4) is 0 Å². The highest BCUT2D eigenvalue weighted by Crippen LogP contribution is 2.31. The van der Waals surface area contributed by atoms with Gasteiger partial charge in [-0.05, 0) is 67.1 Å². The van der Waals surface area contributed by atoms with Crippen molar-refractivity contribution in [2.75, 3.05) is 33.4 Å². The number of pyridine rings is 1. The van der Waals surface area contributed by atoms with Gasteiger partial charge >= 0.3 is 5.97 Å². The van der Waals surface area contributed by atoms with Gasteiger partial charge in [-0.1, -0.05) is 11.6 Å². The molecule has 1 aromatic carbocycles. The second-order valence-corrected chi connectivity index (χ2v) is 8.82. The minimum absolute atomic E-state index is 0.137. The summed E-state index contributed by atoms with van der Waals surface area (Å²) in [6, 6.07) is 5.62. The average molecular weight is 469 g/mol. The van der Waals surface area contributed by atoms with E-state index in [9.17, 15) is 9.59 Å². The normalized spacial score (nSPS) is 16.1. The molecule has 4 rings (SSSR count). The molecule has 34 heavy (non-hydrogen) atoms. The third-order valence-electron chi connectivity index (χ3n) is 6.44. The first-order valence-electron chi connectivity index (χ1n) is 11.7. The summed E-state index contributed by atoms with van der Waals surface area (Å²) in [6.07, 6.45) is 1.30. The summed E-state index contributed by atoms with van der Waals surface area (Å²) in [5.74, 6) is 0.292. The van der Waals surface area contributed by atoms with Crippen LogP contribution in [-0.2, 0) is 20.8 Å². The molecule has 1 saturated heterocycles. The molecule has 1 fully saturated rings. The first-order valence-corrected chi connectivity index (χ1v) is 11.7. The number of nitrogens with one attached hydrogen (secondary N) is 1. The number of aryl methyl sites for hydroxylation is 2. The Morgan fingerprint density at radius 3 is 2.71 bits per heavy atom. The first kappa shape index (κ1) is 24.0. The van der Waals surface area contributed by atoms with Crippen LogP contribution in [0.25, 0.3) is 10.9 Å². The van der Waals surface area contributed by atoms with E-state index in [0.717, 1.165) is 22.0 Å². The van der Waals surface area contributed by atoms with Crippen LogP contribution in [0.4, 0.5) is 0 Å². The zero-order chi connectivity index (χ0) is 24.2. The average Bonchev–Trinajstić information content (AvgIpc) is 3.27. The number of methoxy groups -OCH3 is 1. The van der Waals surface area contributed by atoms with Gasteiger partial charge in [0.25, 0.3) is 5.56 Å². The molecule has 0 spiro atoms. The van der Waals surface area contributed by atoms with Crippen LogP contribution in [0.1, 0.15) is 48.3 Å². The number of nitrogens with zero attached hydrogens (tertiary/aromatic N) is 5. The van der Waals surface area contributed by atoms with E-state index in [4.69, 9.17) is 9.47 Å². The van der Waals surface area contributed by atoms with E-state index in [1.165, 1.54) is 0 Å². The van der Waals surface area contributed by atoms with Gasteiger partial charge in [-0.2, -0.15) is 0 Å². The number of H-pyrrole nitrogens is 1. The summed E-state index contributed by atoms with van der Waals surface area (Å²) in [6.45, 7) is 8.39. The van der Waals surface area contributed by atoms with Crippen molar-refractivity contribution >= 4 is 16.9 Å². The fraction of sp³-hybridized carbons (Fsp3) is 0.542. The second kappa shape index (κ2) is 10.4. The van der Waals surface area contributed by atoms with Crippen molar-refractivity contribution in [2.45, 2.75) is 46.2 Å². The summed E-state index contributed by atoms with van der Waals surface area (Å²) in [4.78, 5) is 30.9. The lowest BCUT2D eigenvalue weighted by Crippen LogP contribution is -2.42. The Kier molecular flexibility index (Phi) is 7.38. The number of piperidine rings is 1. The van der Waals surface area contributed by atoms with Gasteiger partial charge in [0.05, 0.1) is 31.2 Å². The minimum Gasteiger partial charge on any atom is -0.466 e. The summed E-state index contributed by atoms with van der Waals surface area (Å²) in [7, 11) is 1.63. The summed E-state index contributed by atoms with van der Waals surface area (Å²) >= 11 is 0. The lowest BCUT2D eigenvalue weighted by Gasteiger charge is -2.36. The molecule has 10 heteroatoms. The van der Waals surface area contributed by atoms with E-state index < -0.39 is 6.04 Å². The number of hydrogen-bond acceptors (Lipinski definition) is 8. The topological polar surface area (TPSA) is 115 Å². The van der Waals surface area contributed by atoms with Gasteiger partial charge in [-0.3, -0.25) is 14.5 Å². The predicted molar refractivity (Wildman–Crippen MR) is 127 cm³/mol. The minimum atomic E-state index is -0.455. The van der Waals surface area contributed by atoms with Crippen molar-refractivity contribution in [2.24, 2.45) is 5.92 Å². The molecule has 0 radical (unpaired) electrons. The molecule has 0 aliphatic carbocycles. The number of carbonyl (C=O) groups excluding carboxylic acids is 1. The van der Waals surface area contributed by atoms with Crippen molar-refractivity contribution in [1.29, 1.82) is 0 Å². The molecule has 182 valence electrons. The number of rotatable bonds is 8. The Bertz CT molecular complexity index is 1210. The van der Waals surface area contributed by atoms with Gasteiger partial charge in [0, 0.05) is 25.8 Å². The number of esters is 1. The molecule has 0 bridgehead atoms. The van der Waals surface area contributed by atoms with Crippen LogP contribution >= 0.6 is 0 Å². The molecule has 1 N–H and O–H groups in total. The Morgan fingerprint density at radius 1 is 1.24 bits per heavy atom. The van der Waals surface area contributed by atoms with Crippen LogP contribution in [0.5, 0.6) is 0 Å². The van der Waals surface area contributed by atoms with Crippen molar-refractivity contribution in [3.8, 4) is 0 Å². The molecular formula is C24H32N6O4. The van der Waals surface area contributed by atoms with Crippen molar-refractivity contribution in [1.82, 2.24) is 30.1 Å². The van der Waals surface area contributed by atoms with Gasteiger partial charge in [0.15, 0.2) is 5.82 Å². The molecule has 10 nitrogen and oxygen atoms in total. The maximum Gasteiger partial charge on any atom is 0.309 e. The molecule has 2 aromatic heterocycles. The predicted octanol–water partition coefficient (Wildman–Crippen LogP) is 2.14. The van der Waals surface area contributed by atoms with Gasteiger partial charge in [-0.25, -0.2) is 4.68 Å². The molecule has 1 atom stereocenters. The fourth-order valence-corrected chi connectivity index (χ4v) is 4.80. The van der Waals surface area contributed by atoms with Crippen LogP contribution in [-0.4, -0.2) is 69.5 Å². The highest BCUT2D eigenvalue weighted by molar-refractivity contribution is 5.83. The number of carbonyl (C=O) groups is 1. The smallest absolute Gasteiger partial charge is 0.309 e. The van der Waals surface area contributed by atoms with E-state index in [-0.39, 0.29) is 17.4 Å². The van der Waals surface area contributed by atoms with Crippen LogP contribution < -0.4 is 5.56 Å². The molecule has 3 aromatic rings. The second-order valence-electron chi connectivity index (χ2n) is 8.82. The fourth-order valence-electron chi connectivity index (χ4n) is 4.80. The van der Waals surface area contributed by atoms with Crippen molar-refractivity contribution < 1.29 is 14.3 Å². The molecular weight excluding hydrogens is 436 g/mol. The van der Waals surface area contributed by atoms with E-state index >= 15 is 0 Å². The largest absolute Gasteiger partial charge is 0.466 e. The third kappa shape index (κ3) is 4.88. The number of tetrazole rings is 1. The summed E-state index contributed by atoms with van der Waals surface area (Å²) in [5.41, 5.74) is 3.40. The number of ether oxygens (including phenoxy) is 2. The number of fused-ring (bicyclic) bond motifs is 1. The number of aromatic nitrogens is 5. The molecule has 0 amide bonds. The highest BCUT2D eigenvalue weighted by Gasteiger charge is 2.35. The third-order valence-corrected chi connectivity index (χ3v) is 6.44. The van der Waals surface area contributed by atoms with Crippen LogP contribution in [0, 0.1) is 19.8 Å². The summed E-state index contributed by atoms with van der Waals surface area (Å²) in [5, 5.41) is 13.3. The Labute approximate surface area is 198 Å². The standard InChI is InChI=1S/C24H32N6O4/c1-5-34-24(32)17-6-8-29(9-7-17)21(22-26-27-28-30(22)10-11-33-4)19-14-18-13-15(2)12-16(3)20(18)25-23(19)31/h12-14,17,21H,5-11H2,1-4H3,(H,25,31)/t21-/m1/s1. The number of likely N-dealkylation sites (tertiary alicyclic amines) is 1. The maximum absolute atomic E-state index is 13.4. The van der Waals surface area contributed by atoms with Crippen LogP contribution in [0.2, 0.25) is 0 Å². The van der Waals surface area contributed by atoms with Crippen LogP contribution in [0.15, 0.2) is 23.0 Å².